The molecular weight excluding hydrogens is 312 g/mol. The predicted molar refractivity (Wildman–Crippen MR) is 79.9 cm³/mol. The number of carboxylic acid groups (broad SMARTS) is 1. The van der Waals surface area contributed by atoms with Crippen LogP contribution in [0.15, 0.2) is 18.2 Å². The van der Waals surface area contributed by atoms with Crippen molar-refractivity contribution in [2.24, 2.45) is 0 Å². The molecule has 0 bridgehead atoms. The third kappa shape index (κ3) is 3.96. The molecule has 118 valence electrons. The van der Waals surface area contributed by atoms with Crippen LogP contribution in [0.4, 0.5) is 11.4 Å². The number of ether oxygens (including phenoxy) is 1. The maximum atomic E-state index is 12.1. The molecule has 0 unspecified atom stereocenters. The van der Waals surface area contributed by atoms with Crippen molar-refractivity contribution in [3.8, 4) is 0 Å². The highest BCUT2D eigenvalue weighted by molar-refractivity contribution is 6.34. The van der Waals surface area contributed by atoms with E-state index in [1.165, 1.54) is 19.1 Å². The van der Waals surface area contributed by atoms with E-state index < -0.39 is 24.1 Å². The van der Waals surface area contributed by atoms with Crippen LogP contribution in [-0.2, 0) is 19.1 Å². The van der Waals surface area contributed by atoms with Crippen molar-refractivity contribution < 1.29 is 24.2 Å². The van der Waals surface area contributed by atoms with Crippen LogP contribution < -0.4 is 10.6 Å². The summed E-state index contributed by atoms with van der Waals surface area (Å²) in [5.74, 6) is -1.80. The first kappa shape index (κ1) is 16.3. The standard InChI is InChI=1S/C14H15ClN2O5/c1-7(18)16-8-2-3-9(15)10(6-8)17-13(19)11-4-5-12(22-11)14(20)21/h2-3,6,11-12H,4-5H2,1H3,(H,16,18)(H,17,19)(H,20,21)/t11-,12+/m0/s1. The molecule has 22 heavy (non-hydrogen) atoms. The van der Waals surface area contributed by atoms with Gasteiger partial charge in [0.25, 0.3) is 5.91 Å². The lowest BCUT2D eigenvalue weighted by atomic mass is 10.2. The number of hydrogen-bond donors (Lipinski definition) is 3. The van der Waals surface area contributed by atoms with Gasteiger partial charge in [0, 0.05) is 12.6 Å². The van der Waals surface area contributed by atoms with Gasteiger partial charge >= 0.3 is 5.97 Å². The average molecular weight is 327 g/mol. The van der Waals surface area contributed by atoms with Gasteiger partial charge in [0.15, 0.2) is 6.10 Å². The van der Waals surface area contributed by atoms with Crippen LogP contribution in [0.25, 0.3) is 0 Å². The molecule has 1 aromatic rings. The number of rotatable bonds is 4. The fourth-order valence-electron chi connectivity index (χ4n) is 2.13. The Balaban J connectivity index is 2.05. The molecule has 3 N–H and O–H groups in total. The Hall–Kier alpha value is -2.12. The molecule has 1 aliphatic rings. The van der Waals surface area contributed by atoms with Crippen molar-refractivity contribution in [3.63, 3.8) is 0 Å². The summed E-state index contributed by atoms with van der Waals surface area (Å²) in [6, 6.07) is 4.66. The SMILES string of the molecule is CC(=O)Nc1ccc(Cl)c(NC(=O)[C@@H]2CC[C@H](C(=O)O)O2)c1. The maximum Gasteiger partial charge on any atom is 0.332 e. The minimum absolute atomic E-state index is 0.247. The molecule has 7 nitrogen and oxygen atoms in total. The van der Waals surface area contributed by atoms with E-state index in [9.17, 15) is 14.4 Å². The zero-order valence-electron chi connectivity index (χ0n) is 11.8. The lowest BCUT2D eigenvalue weighted by Crippen LogP contribution is -2.30. The highest BCUT2D eigenvalue weighted by Gasteiger charge is 2.34. The van der Waals surface area contributed by atoms with Crippen LogP contribution in [0.2, 0.25) is 5.02 Å². The first-order chi connectivity index (χ1) is 10.4. The molecule has 2 atom stereocenters. The second-order valence-corrected chi connectivity index (χ2v) is 5.30. The van der Waals surface area contributed by atoms with Gasteiger partial charge in [-0.05, 0) is 31.0 Å². The Morgan fingerprint density at radius 3 is 2.50 bits per heavy atom. The molecular formula is C14H15ClN2O5. The topological polar surface area (TPSA) is 105 Å². The van der Waals surface area contributed by atoms with E-state index >= 15 is 0 Å². The largest absolute Gasteiger partial charge is 0.479 e. The van der Waals surface area contributed by atoms with Crippen molar-refractivity contribution in [1.29, 1.82) is 0 Å². The van der Waals surface area contributed by atoms with Crippen LogP contribution in [0.5, 0.6) is 0 Å². The Labute approximate surface area is 131 Å². The van der Waals surface area contributed by atoms with Crippen molar-refractivity contribution >= 4 is 40.8 Å². The quantitative estimate of drug-likeness (QED) is 0.783. The van der Waals surface area contributed by atoms with Gasteiger partial charge in [-0.2, -0.15) is 0 Å². The second-order valence-electron chi connectivity index (χ2n) is 4.89. The Bertz CT molecular complexity index is 619. The van der Waals surface area contributed by atoms with E-state index in [4.69, 9.17) is 21.4 Å². The van der Waals surface area contributed by atoms with Crippen molar-refractivity contribution in [2.75, 3.05) is 10.6 Å². The number of amides is 2. The van der Waals surface area contributed by atoms with Crippen LogP contribution >= 0.6 is 11.6 Å². The summed E-state index contributed by atoms with van der Waals surface area (Å²) in [4.78, 5) is 33.9. The number of nitrogens with one attached hydrogen (secondary N) is 2. The molecule has 2 amide bonds. The summed E-state index contributed by atoms with van der Waals surface area (Å²) < 4.78 is 5.17. The first-order valence-corrected chi connectivity index (χ1v) is 7.01. The lowest BCUT2D eigenvalue weighted by Gasteiger charge is -2.14. The number of hydrogen-bond acceptors (Lipinski definition) is 4. The summed E-state index contributed by atoms with van der Waals surface area (Å²) in [6.45, 7) is 1.37. The number of carboxylic acids is 1. The fraction of sp³-hybridized carbons (Fsp3) is 0.357. The van der Waals surface area contributed by atoms with E-state index in [-0.39, 0.29) is 12.3 Å². The predicted octanol–water partition coefficient (Wildman–Crippen LogP) is 1.87. The molecule has 2 rings (SSSR count). The summed E-state index contributed by atoms with van der Waals surface area (Å²) in [7, 11) is 0. The summed E-state index contributed by atoms with van der Waals surface area (Å²) in [5, 5.41) is 14.3. The molecule has 0 radical (unpaired) electrons. The summed E-state index contributed by atoms with van der Waals surface area (Å²) >= 11 is 6.00. The zero-order chi connectivity index (χ0) is 16.3. The molecule has 1 aromatic carbocycles. The second kappa shape index (κ2) is 6.76. The van der Waals surface area contributed by atoms with Gasteiger partial charge < -0.3 is 20.5 Å². The van der Waals surface area contributed by atoms with Crippen molar-refractivity contribution in [1.82, 2.24) is 0 Å². The molecule has 0 saturated carbocycles. The van der Waals surface area contributed by atoms with E-state index in [1.807, 2.05) is 0 Å². The van der Waals surface area contributed by atoms with Crippen LogP contribution in [-0.4, -0.2) is 35.1 Å². The highest BCUT2D eigenvalue weighted by Crippen LogP contribution is 2.27. The third-order valence-electron chi connectivity index (χ3n) is 3.13. The van der Waals surface area contributed by atoms with Crippen molar-refractivity contribution in [3.05, 3.63) is 23.2 Å². The van der Waals surface area contributed by atoms with Crippen LogP contribution in [0.1, 0.15) is 19.8 Å². The van der Waals surface area contributed by atoms with E-state index in [0.29, 0.717) is 22.8 Å². The van der Waals surface area contributed by atoms with Gasteiger partial charge in [0.05, 0.1) is 10.7 Å². The van der Waals surface area contributed by atoms with Gasteiger partial charge in [-0.1, -0.05) is 11.6 Å². The molecule has 0 aliphatic carbocycles. The maximum absolute atomic E-state index is 12.1. The number of halogens is 1. The molecule has 8 heteroatoms. The number of benzene rings is 1. The van der Waals surface area contributed by atoms with E-state index in [2.05, 4.69) is 10.6 Å². The number of anilines is 2. The number of aliphatic carboxylic acids is 1. The zero-order valence-corrected chi connectivity index (χ0v) is 12.5. The fourth-order valence-corrected chi connectivity index (χ4v) is 2.29. The average Bonchev–Trinajstić information content (AvgIpc) is 2.92. The van der Waals surface area contributed by atoms with Crippen LogP contribution in [0.3, 0.4) is 0 Å². The molecule has 0 spiro atoms. The molecule has 0 aromatic heterocycles. The Morgan fingerprint density at radius 1 is 1.23 bits per heavy atom. The first-order valence-electron chi connectivity index (χ1n) is 6.63. The number of carbonyl (C=O) groups excluding carboxylic acids is 2. The summed E-state index contributed by atoms with van der Waals surface area (Å²) in [5.41, 5.74) is 0.809. The normalized spacial score (nSPS) is 20.5. The van der Waals surface area contributed by atoms with E-state index in [1.54, 1.807) is 6.07 Å². The molecule has 1 heterocycles. The van der Waals surface area contributed by atoms with E-state index in [0.717, 1.165) is 0 Å². The molecule has 1 fully saturated rings. The Kier molecular flexibility index (Phi) is 4.99. The van der Waals surface area contributed by atoms with Crippen molar-refractivity contribution in [2.45, 2.75) is 32.0 Å². The van der Waals surface area contributed by atoms with Gasteiger partial charge in [0.2, 0.25) is 5.91 Å². The number of carbonyl (C=O) groups is 3. The molecule has 1 saturated heterocycles. The lowest BCUT2D eigenvalue weighted by molar-refractivity contribution is -0.150. The summed E-state index contributed by atoms with van der Waals surface area (Å²) in [6.07, 6.45) is -1.18. The Morgan fingerprint density at radius 2 is 1.91 bits per heavy atom. The minimum atomic E-state index is -1.08. The minimum Gasteiger partial charge on any atom is -0.479 e. The van der Waals surface area contributed by atoms with Gasteiger partial charge in [0.1, 0.15) is 6.10 Å². The molecule has 1 aliphatic heterocycles. The van der Waals surface area contributed by atoms with Gasteiger partial charge in [-0.3, -0.25) is 9.59 Å². The third-order valence-corrected chi connectivity index (χ3v) is 3.46. The van der Waals surface area contributed by atoms with Gasteiger partial charge in [-0.25, -0.2) is 4.79 Å². The van der Waals surface area contributed by atoms with Crippen LogP contribution in [0, 0.1) is 0 Å². The smallest absolute Gasteiger partial charge is 0.332 e. The highest BCUT2D eigenvalue weighted by atomic mass is 35.5. The van der Waals surface area contributed by atoms with Gasteiger partial charge in [-0.15, -0.1) is 0 Å². The monoisotopic (exact) mass is 326 g/mol.